The average Bonchev–Trinajstić information content (AvgIpc) is 2.63. The van der Waals surface area contributed by atoms with Crippen LogP contribution in [0.1, 0.15) is 33.6 Å². The number of hydrogen-bond donors (Lipinski definition) is 0. The summed E-state index contributed by atoms with van der Waals surface area (Å²) < 4.78 is 9.94. The fourth-order valence-corrected chi connectivity index (χ4v) is 1.97. The van der Waals surface area contributed by atoms with Crippen LogP contribution >= 0.6 is 11.6 Å². The molecule has 0 saturated carbocycles. The van der Waals surface area contributed by atoms with Gasteiger partial charge in [-0.25, -0.2) is 4.79 Å². The van der Waals surface area contributed by atoms with E-state index < -0.39 is 5.60 Å². The van der Waals surface area contributed by atoms with Gasteiger partial charge >= 0.3 is 12.1 Å². The Balaban J connectivity index is 2.37. The fourth-order valence-electron chi connectivity index (χ4n) is 1.85. The number of ether oxygens (including phenoxy) is 2. The maximum Gasteiger partial charge on any atom is 0.410 e. The molecule has 0 N–H and O–H groups in total. The largest absolute Gasteiger partial charge is 0.449 e. The van der Waals surface area contributed by atoms with Crippen LogP contribution < -0.4 is 0 Å². The summed E-state index contributed by atoms with van der Waals surface area (Å²) in [6.45, 7) is 6.64. The normalized spacial score (nSPS) is 19.8. The highest BCUT2D eigenvalue weighted by Crippen LogP contribution is 2.22. The molecule has 1 heterocycles. The molecule has 0 aliphatic carbocycles. The van der Waals surface area contributed by atoms with Crippen LogP contribution in [-0.4, -0.2) is 41.7 Å². The molecule has 18 heavy (non-hydrogen) atoms. The summed E-state index contributed by atoms with van der Waals surface area (Å²) in [5.41, 5.74) is -0.493. The molecule has 0 aromatic rings. The highest BCUT2D eigenvalue weighted by atomic mass is 35.5. The monoisotopic (exact) mass is 277 g/mol. The molecule has 0 aromatic carbocycles. The Bertz CT molecular complexity index is 314. The van der Waals surface area contributed by atoms with E-state index in [1.54, 1.807) is 4.90 Å². The van der Waals surface area contributed by atoms with Crippen molar-refractivity contribution in [1.82, 2.24) is 4.90 Å². The van der Waals surface area contributed by atoms with E-state index in [2.05, 4.69) is 4.74 Å². The van der Waals surface area contributed by atoms with Gasteiger partial charge in [0.25, 0.3) is 0 Å². The first-order valence-electron chi connectivity index (χ1n) is 6.01. The highest BCUT2D eigenvalue weighted by Gasteiger charge is 2.31. The van der Waals surface area contributed by atoms with Crippen molar-refractivity contribution in [3.8, 4) is 0 Å². The summed E-state index contributed by atoms with van der Waals surface area (Å²) in [6, 6.07) is -0.124. The molecule has 6 heteroatoms. The summed E-state index contributed by atoms with van der Waals surface area (Å²) in [5, 5.41) is 0. The van der Waals surface area contributed by atoms with Crippen molar-refractivity contribution in [2.24, 2.45) is 5.92 Å². The predicted molar refractivity (Wildman–Crippen MR) is 67.3 cm³/mol. The van der Waals surface area contributed by atoms with E-state index in [0.717, 1.165) is 6.42 Å². The van der Waals surface area contributed by atoms with E-state index in [-0.39, 0.29) is 24.0 Å². The minimum atomic E-state index is -0.493. The van der Waals surface area contributed by atoms with Crippen molar-refractivity contribution in [2.75, 3.05) is 19.2 Å². The van der Waals surface area contributed by atoms with Crippen molar-refractivity contribution in [2.45, 2.75) is 39.2 Å². The van der Waals surface area contributed by atoms with Crippen molar-refractivity contribution >= 4 is 23.7 Å². The van der Waals surface area contributed by atoms with Gasteiger partial charge in [-0.05, 0) is 33.1 Å². The lowest BCUT2D eigenvalue weighted by atomic mass is 10.1. The second-order valence-corrected chi connectivity index (χ2v) is 5.63. The van der Waals surface area contributed by atoms with Gasteiger partial charge in [0.2, 0.25) is 0 Å². The predicted octanol–water partition coefficient (Wildman–Crippen LogP) is 2.37. The van der Waals surface area contributed by atoms with E-state index in [1.165, 1.54) is 0 Å². The second kappa shape index (κ2) is 6.27. The third-order valence-corrected chi connectivity index (χ3v) is 2.72. The Kier molecular flexibility index (Phi) is 5.26. The summed E-state index contributed by atoms with van der Waals surface area (Å²) >= 11 is 5.31. The molecule has 1 aliphatic heterocycles. The van der Waals surface area contributed by atoms with Gasteiger partial charge in [-0.1, -0.05) is 11.6 Å². The minimum Gasteiger partial charge on any atom is -0.449 e. The Labute approximate surface area is 112 Å². The Morgan fingerprint density at radius 3 is 2.61 bits per heavy atom. The average molecular weight is 278 g/mol. The lowest BCUT2D eigenvalue weighted by Crippen LogP contribution is -2.35. The standard InChI is InChI=1S/C12H20ClNO4/c1-12(2,3)18-11(16)14-5-4-9(7-14)6-10(15)17-8-13/h9H,4-8H2,1-3H3/t9-/m1/s1. The fraction of sp³-hybridized carbons (Fsp3) is 0.833. The molecular formula is C12H20ClNO4. The van der Waals surface area contributed by atoms with E-state index in [0.29, 0.717) is 19.5 Å². The summed E-state index contributed by atoms with van der Waals surface area (Å²) in [6.07, 6.45) is 0.763. The van der Waals surface area contributed by atoms with Gasteiger partial charge in [0, 0.05) is 13.1 Å². The topological polar surface area (TPSA) is 55.8 Å². The van der Waals surface area contributed by atoms with Crippen molar-refractivity contribution in [3.05, 3.63) is 0 Å². The summed E-state index contributed by atoms with van der Waals surface area (Å²) in [5.74, 6) is -0.186. The zero-order valence-electron chi connectivity index (χ0n) is 11.1. The van der Waals surface area contributed by atoms with Gasteiger partial charge < -0.3 is 14.4 Å². The van der Waals surface area contributed by atoms with Crippen LogP contribution in [-0.2, 0) is 14.3 Å². The van der Waals surface area contributed by atoms with Gasteiger partial charge in [0.15, 0.2) is 6.07 Å². The Morgan fingerprint density at radius 2 is 2.06 bits per heavy atom. The molecule has 1 atom stereocenters. The molecule has 104 valence electrons. The molecule has 1 fully saturated rings. The highest BCUT2D eigenvalue weighted by molar-refractivity contribution is 6.17. The summed E-state index contributed by atoms with van der Waals surface area (Å²) in [7, 11) is 0. The quantitative estimate of drug-likeness (QED) is 0.587. The molecule has 0 unspecified atom stereocenters. The lowest BCUT2D eigenvalue weighted by Gasteiger charge is -2.24. The van der Waals surface area contributed by atoms with Crippen LogP contribution in [0.15, 0.2) is 0 Å². The number of amides is 1. The first-order valence-corrected chi connectivity index (χ1v) is 6.55. The molecule has 1 amide bonds. The van der Waals surface area contributed by atoms with Gasteiger partial charge in [0.05, 0.1) is 6.42 Å². The van der Waals surface area contributed by atoms with Gasteiger partial charge in [-0.15, -0.1) is 0 Å². The zero-order chi connectivity index (χ0) is 13.8. The number of likely N-dealkylation sites (tertiary alicyclic amines) is 1. The minimum absolute atomic E-state index is 0.124. The molecule has 0 spiro atoms. The first kappa shape index (κ1) is 15.1. The molecule has 0 aromatic heterocycles. The SMILES string of the molecule is CC(C)(C)OC(=O)N1CC[C@H](CC(=O)OCCl)C1. The molecule has 0 bridgehead atoms. The number of carbonyl (C=O) groups excluding carboxylic acids is 2. The van der Waals surface area contributed by atoms with E-state index >= 15 is 0 Å². The van der Waals surface area contributed by atoms with Crippen molar-refractivity contribution < 1.29 is 19.1 Å². The number of rotatable bonds is 3. The van der Waals surface area contributed by atoms with Crippen LogP contribution in [0, 0.1) is 5.92 Å². The van der Waals surface area contributed by atoms with Crippen LogP contribution in [0.5, 0.6) is 0 Å². The Morgan fingerprint density at radius 1 is 1.39 bits per heavy atom. The third-order valence-electron chi connectivity index (χ3n) is 2.61. The number of nitrogens with zero attached hydrogens (tertiary/aromatic N) is 1. The maximum atomic E-state index is 11.8. The van der Waals surface area contributed by atoms with E-state index in [9.17, 15) is 9.59 Å². The zero-order valence-corrected chi connectivity index (χ0v) is 11.8. The summed E-state index contributed by atoms with van der Waals surface area (Å²) in [4.78, 5) is 24.7. The Hall–Kier alpha value is -0.970. The van der Waals surface area contributed by atoms with Crippen LogP contribution in [0.25, 0.3) is 0 Å². The van der Waals surface area contributed by atoms with E-state index in [4.69, 9.17) is 16.3 Å². The van der Waals surface area contributed by atoms with Crippen LogP contribution in [0.3, 0.4) is 0 Å². The molecule has 1 saturated heterocycles. The van der Waals surface area contributed by atoms with Crippen LogP contribution in [0.4, 0.5) is 4.79 Å². The van der Waals surface area contributed by atoms with Gasteiger partial charge in [-0.3, -0.25) is 4.79 Å². The smallest absolute Gasteiger partial charge is 0.410 e. The van der Waals surface area contributed by atoms with Crippen molar-refractivity contribution in [3.63, 3.8) is 0 Å². The van der Waals surface area contributed by atoms with E-state index in [1.807, 2.05) is 20.8 Å². The maximum absolute atomic E-state index is 11.8. The lowest BCUT2D eigenvalue weighted by molar-refractivity contribution is -0.142. The molecule has 0 radical (unpaired) electrons. The molecule has 1 aliphatic rings. The second-order valence-electron chi connectivity index (χ2n) is 5.41. The number of hydrogen-bond acceptors (Lipinski definition) is 4. The molecular weight excluding hydrogens is 258 g/mol. The molecule has 1 rings (SSSR count). The number of carbonyl (C=O) groups is 2. The first-order chi connectivity index (χ1) is 8.31. The number of esters is 1. The third kappa shape index (κ3) is 5.12. The molecule has 5 nitrogen and oxygen atoms in total. The number of alkyl halides is 1. The van der Waals surface area contributed by atoms with Crippen molar-refractivity contribution in [1.29, 1.82) is 0 Å². The van der Waals surface area contributed by atoms with Gasteiger partial charge in [-0.2, -0.15) is 0 Å². The van der Waals surface area contributed by atoms with Gasteiger partial charge in [0.1, 0.15) is 5.60 Å². The van der Waals surface area contributed by atoms with Crippen LogP contribution in [0.2, 0.25) is 0 Å². The number of halogens is 1.